The first-order chi connectivity index (χ1) is 11.1. The zero-order chi connectivity index (χ0) is 16.2. The maximum Gasteiger partial charge on any atom is 0.410 e. The van der Waals surface area contributed by atoms with Crippen LogP contribution in [-0.4, -0.2) is 58.7 Å². The summed E-state index contributed by atoms with van der Waals surface area (Å²) >= 11 is 0. The molecule has 2 heterocycles. The molecule has 1 aliphatic rings. The van der Waals surface area contributed by atoms with Gasteiger partial charge in [-0.15, -0.1) is 10.2 Å². The predicted molar refractivity (Wildman–Crippen MR) is 79.1 cm³/mol. The smallest absolute Gasteiger partial charge is 0.410 e. The molecule has 2 amide bonds. The van der Waals surface area contributed by atoms with E-state index >= 15 is 0 Å². The van der Waals surface area contributed by atoms with E-state index in [1.165, 1.54) is 9.80 Å². The van der Waals surface area contributed by atoms with Crippen molar-refractivity contribution in [3.05, 3.63) is 36.2 Å². The molecule has 1 fully saturated rings. The van der Waals surface area contributed by atoms with E-state index in [1.807, 2.05) is 30.3 Å². The summed E-state index contributed by atoms with van der Waals surface area (Å²) in [6.07, 6.45) is -0.462. The normalized spacial score (nSPS) is 14.0. The second-order valence-corrected chi connectivity index (χ2v) is 5.15. The Morgan fingerprint density at radius 2 is 2.09 bits per heavy atom. The minimum atomic E-state index is -0.462. The third-order valence-corrected chi connectivity index (χ3v) is 3.46. The van der Waals surface area contributed by atoms with Gasteiger partial charge in [0.1, 0.15) is 13.2 Å². The number of amides is 2. The lowest BCUT2D eigenvalue weighted by atomic mass is 10.2. The van der Waals surface area contributed by atoms with Crippen molar-refractivity contribution < 1.29 is 18.7 Å². The minimum absolute atomic E-state index is 0.0188. The highest BCUT2D eigenvalue weighted by atomic mass is 16.6. The van der Waals surface area contributed by atoms with Gasteiger partial charge in [0.05, 0.1) is 13.1 Å². The Kier molecular flexibility index (Phi) is 4.22. The zero-order valence-electron chi connectivity index (χ0n) is 12.6. The first-order valence-electron chi connectivity index (χ1n) is 7.17. The summed E-state index contributed by atoms with van der Waals surface area (Å²) in [4.78, 5) is 26.3. The molecule has 8 nitrogen and oxygen atoms in total. The number of ether oxygens (including phenoxy) is 1. The summed E-state index contributed by atoms with van der Waals surface area (Å²) in [5, 5.41) is 7.92. The van der Waals surface area contributed by atoms with E-state index < -0.39 is 6.09 Å². The molecule has 0 bridgehead atoms. The molecule has 120 valence electrons. The van der Waals surface area contributed by atoms with Crippen LogP contribution in [-0.2, 0) is 16.1 Å². The highest BCUT2D eigenvalue weighted by molar-refractivity contribution is 5.82. The summed E-state index contributed by atoms with van der Waals surface area (Å²) in [5.74, 6) is 0.525. The molecule has 1 aromatic carbocycles. The van der Waals surface area contributed by atoms with Gasteiger partial charge in [-0.3, -0.25) is 9.69 Å². The van der Waals surface area contributed by atoms with E-state index in [1.54, 1.807) is 7.05 Å². The molecule has 0 aliphatic carbocycles. The number of nitrogens with zero attached hydrogens (tertiary/aromatic N) is 4. The number of rotatable bonds is 5. The van der Waals surface area contributed by atoms with Crippen LogP contribution in [0.1, 0.15) is 5.89 Å². The van der Waals surface area contributed by atoms with E-state index in [2.05, 4.69) is 10.2 Å². The SMILES string of the molecule is CN(Cc1nnc(-c2ccccc2)o1)C(=O)CN1CCOC1=O. The van der Waals surface area contributed by atoms with E-state index in [0.717, 1.165) is 5.56 Å². The van der Waals surface area contributed by atoms with Gasteiger partial charge in [-0.25, -0.2) is 4.79 Å². The minimum Gasteiger partial charge on any atom is -0.448 e. The van der Waals surface area contributed by atoms with Crippen molar-refractivity contribution in [3.63, 3.8) is 0 Å². The lowest BCUT2D eigenvalue weighted by Crippen LogP contribution is -2.38. The first kappa shape index (κ1) is 15.0. The summed E-state index contributed by atoms with van der Waals surface area (Å²) in [5.41, 5.74) is 0.819. The number of hydrogen-bond donors (Lipinski definition) is 0. The van der Waals surface area contributed by atoms with Crippen LogP contribution in [0.4, 0.5) is 4.79 Å². The van der Waals surface area contributed by atoms with E-state index in [4.69, 9.17) is 9.15 Å². The summed E-state index contributed by atoms with van der Waals surface area (Å²) in [6, 6.07) is 9.39. The fourth-order valence-corrected chi connectivity index (χ4v) is 2.16. The topological polar surface area (TPSA) is 88.8 Å². The second-order valence-electron chi connectivity index (χ2n) is 5.15. The van der Waals surface area contributed by atoms with Gasteiger partial charge in [0, 0.05) is 12.6 Å². The van der Waals surface area contributed by atoms with Crippen molar-refractivity contribution in [2.75, 3.05) is 26.7 Å². The van der Waals surface area contributed by atoms with Crippen molar-refractivity contribution in [2.45, 2.75) is 6.54 Å². The predicted octanol–water partition coefficient (Wildman–Crippen LogP) is 1.15. The number of carbonyl (C=O) groups is 2. The van der Waals surface area contributed by atoms with Gasteiger partial charge in [0.25, 0.3) is 0 Å². The van der Waals surface area contributed by atoms with E-state index in [9.17, 15) is 9.59 Å². The highest BCUT2D eigenvalue weighted by Crippen LogP contribution is 2.17. The molecule has 0 saturated carbocycles. The van der Waals surface area contributed by atoms with Crippen molar-refractivity contribution in [2.24, 2.45) is 0 Å². The molecule has 0 atom stereocenters. The standard InChI is InChI=1S/C15H16N4O4/c1-18(13(20)10-19-7-8-22-15(19)21)9-12-16-17-14(23-12)11-5-3-2-4-6-11/h2-6H,7-10H2,1H3. The lowest BCUT2D eigenvalue weighted by molar-refractivity contribution is -0.131. The van der Waals surface area contributed by atoms with Gasteiger partial charge in [-0.05, 0) is 12.1 Å². The van der Waals surface area contributed by atoms with Crippen LogP contribution in [0.3, 0.4) is 0 Å². The molecule has 23 heavy (non-hydrogen) atoms. The van der Waals surface area contributed by atoms with Crippen LogP contribution < -0.4 is 0 Å². The average molecular weight is 316 g/mol. The lowest BCUT2D eigenvalue weighted by Gasteiger charge is -2.18. The van der Waals surface area contributed by atoms with Crippen molar-refractivity contribution in [1.29, 1.82) is 0 Å². The summed E-state index contributed by atoms with van der Waals surface area (Å²) in [6.45, 7) is 0.910. The number of carbonyl (C=O) groups excluding carboxylic acids is 2. The highest BCUT2D eigenvalue weighted by Gasteiger charge is 2.26. The Labute approximate surface area is 132 Å². The molecule has 2 aromatic rings. The molecule has 0 unspecified atom stereocenters. The number of aromatic nitrogens is 2. The Hall–Kier alpha value is -2.90. The summed E-state index contributed by atoms with van der Waals surface area (Å²) in [7, 11) is 1.62. The largest absolute Gasteiger partial charge is 0.448 e. The Bertz CT molecular complexity index is 701. The van der Waals surface area contributed by atoms with Gasteiger partial charge in [0.2, 0.25) is 17.7 Å². The van der Waals surface area contributed by atoms with Gasteiger partial charge in [-0.1, -0.05) is 18.2 Å². The Morgan fingerprint density at radius 1 is 1.30 bits per heavy atom. The summed E-state index contributed by atoms with van der Waals surface area (Å²) < 4.78 is 10.4. The van der Waals surface area contributed by atoms with Gasteiger partial charge >= 0.3 is 6.09 Å². The van der Waals surface area contributed by atoms with E-state index in [-0.39, 0.29) is 19.0 Å². The fraction of sp³-hybridized carbons (Fsp3) is 0.333. The van der Waals surface area contributed by atoms with Crippen LogP contribution in [0.15, 0.2) is 34.7 Å². The molecular weight excluding hydrogens is 300 g/mol. The number of likely N-dealkylation sites (N-methyl/N-ethyl adjacent to an activating group) is 1. The molecule has 0 N–H and O–H groups in total. The molecule has 1 aliphatic heterocycles. The van der Waals surface area contributed by atoms with Gasteiger partial charge in [-0.2, -0.15) is 0 Å². The van der Waals surface area contributed by atoms with Crippen molar-refractivity contribution >= 4 is 12.0 Å². The first-order valence-corrected chi connectivity index (χ1v) is 7.17. The van der Waals surface area contributed by atoms with Crippen LogP contribution in [0.25, 0.3) is 11.5 Å². The Morgan fingerprint density at radius 3 is 2.78 bits per heavy atom. The number of hydrogen-bond acceptors (Lipinski definition) is 6. The quantitative estimate of drug-likeness (QED) is 0.822. The maximum atomic E-state index is 12.1. The molecule has 8 heteroatoms. The second kappa shape index (κ2) is 6.47. The molecular formula is C15H16N4O4. The fourth-order valence-electron chi connectivity index (χ4n) is 2.16. The third kappa shape index (κ3) is 3.47. The van der Waals surface area contributed by atoms with Crippen LogP contribution in [0, 0.1) is 0 Å². The average Bonchev–Trinajstić information content (AvgIpc) is 3.18. The zero-order valence-corrected chi connectivity index (χ0v) is 12.6. The van der Waals surface area contributed by atoms with E-state index in [0.29, 0.717) is 24.9 Å². The molecule has 3 rings (SSSR count). The molecule has 1 aromatic heterocycles. The van der Waals surface area contributed by atoms with Gasteiger partial charge in [0.15, 0.2) is 0 Å². The Balaban J connectivity index is 1.59. The van der Waals surface area contributed by atoms with Crippen molar-refractivity contribution in [1.82, 2.24) is 20.0 Å². The third-order valence-electron chi connectivity index (χ3n) is 3.46. The monoisotopic (exact) mass is 316 g/mol. The maximum absolute atomic E-state index is 12.1. The number of benzene rings is 1. The van der Waals surface area contributed by atoms with Crippen LogP contribution in [0.2, 0.25) is 0 Å². The molecule has 1 saturated heterocycles. The molecule has 0 radical (unpaired) electrons. The number of cyclic esters (lactones) is 1. The van der Waals surface area contributed by atoms with Gasteiger partial charge < -0.3 is 14.1 Å². The van der Waals surface area contributed by atoms with Crippen LogP contribution in [0.5, 0.6) is 0 Å². The molecule has 0 spiro atoms. The van der Waals surface area contributed by atoms with Crippen molar-refractivity contribution in [3.8, 4) is 11.5 Å². The van der Waals surface area contributed by atoms with Crippen LogP contribution >= 0.6 is 0 Å².